The fourth-order valence-corrected chi connectivity index (χ4v) is 2.52. The van der Waals surface area contributed by atoms with Crippen LogP contribution in [-0.2, 0) is 14.3 Å². The third-order valence-corrected chi connectivity index (χ3v) is 3.67. The van der Waals surface area contributed by atoms with Gasteiger partial charge in [-0.1, -0.05) is 26.8 Å². The van der Waals surface area contributed by atoms with Crippen LogP contribution in [0.3, 0.4) is 0 Å². The number of carbonyl (C=O) groups is 3. The van der Waals surface area contributed by atoms with Gasteiger partial charge in [0.25, 0.3) is 0 Å². The van der Waals surface area contributed by atoms with E-state index < -0.39 is 11.7 Å². The quantitative estimate of drug-likeness (QED) is 0.477. The lowest BCUT2D eigenvalue weighted by Gasteiger charge is -2.23. The second kappa shape index (κ2) is 19.5. The number of primary amides is 1. The molecule has 0 aromatic rings. The lowest BCUT2D eigenvalue weighted by atomic mass is 10.2. The molecule has 1 saturated carbocycles. The molecule has 1 aliphatic carbocycles. The molecule has 0 unspecified atom stereocenters. The highest BCUT2D eigenvalue weighted by Crippen LogP contribution is 2.23. The van der Waals surface area contributed by atoms with Crippen molar-refractivity contribution >= 4 is 17.9 Å². The molecule has 0 bridgehead atoms. The molecule has 1 atom stereocenters. The molecule has 1 heterocycles. The molecular formula is C24H49N3O4. The number of carbonyl (C=O) groups excluding carboxylic acids is 3. The lowest BCUT2D eigenvalue weighted by Crippen LogP contribution is -2.46. The number of terminal acetylenes is 1. The zero-order valence-corrected chi connectivity index (χ0v) is 20.7. The summed E-state index contributed by atoms with van der Waals surface area (Å²) in [6, 6.07) is 0.191. The smallest absolute Gasteiger partial charge is 0.405 e. The maximum absolute atomic E-state index is 11.9. The number of hydrogen-bond donors (Lipinski definition) is 2. The number of ether oxygens (including phenoxy) is 1. The zero-order valence-electron chi connectivity index (χ0n) is 20.7. The molecule has 0 radical (unpaired) electrons. The Kier molecular flexibility index (Phi) is 20.8. The second-order valence-corrected chi connectivity index (χ2v) is 7.72. The van der Waals surface area contributed by atoms with E-state index in [9.17, 15) is 14.4 Å². The van der Waals surface area contributed by atoms with Crippen molar-refractivity contribution < 1.29 is 22.0 Å². The van der Waals surface area contributed by atoms with Crippen molar-refractivity contribution in [2.75, 3.05) is 6.54 Å². The van der Waals surface area contributed by atoms with Crippen LogP contribution in [0.1, 0.15) is 89.8 Å². The van der Waals surface area contributed by atoms with Gasteiger partial charge in [-0.15, -0.1) is 19.4 Å². The molecule has 7 heteroatoms. The molecule has 0 aromatic heterocycles. The number of nitrogens with zero attached hydrogens (tertiary/aromatic N) is 1. The maximum Gasteiger partial charge on any atom is 0.405 e. The van der Waals surface area contributed by atoms with Crippen LogP contribution in [0.2, 0.25) is 0 Å². The number of likely N-dealkylation sites (tertiary alicyclic amines) is 1. The minimum atomic E-state index is -0.725. The normalized spacial score (nSPS) is 16.2. The molecule has 3 N–H and O–H groups in total. The van der Waals surface area contributed by atoms with Crippen LogP contribution in [-0.4, -0.2) is 47.0 Å². The van der Waals surface area contributed by atoms with E-state index >= 15 is 0 Å². The van der Waals surface area contributed by atoms with Gasteiger partial charge in [-0.3, -0.25) is 9.59 Å². The molecular weight excluding hydrogens is 394 g/mol. The van der Waals surface area contributed by atoms with Crippen LogP contribution in [0.25, 0.3) is 0 Å². The Labute approximate surface area is 193 Å². The highest BCUT2D eigenvalue weighted by Gasteiger charge is 2.35. The third-order valence-electron chi connectivity index (χ3n) is 3.67. The molecule has 7 nitrogen and oxygen atoms in total. The minimum absolute atomic E-state index is 0. The van der Waals surface area contributed by atoms with Crippen molar-refractivity contribution in [3.63, 3.8) is 0 Å². The fourth-order valence-electron chi connectivity index (χ4n) is 2.52. The van der Waals surface area contributed by atoms with Gasteiger partial charge in [0, 0.05) is 21.9 Å². The molecule has 0 aromatic carbocycles. The average molecular weight is 444 g/mol. The van der Waals surface area contributed by atoms with Crippen LogP contribution < -0.4 is 11.1 Å². The molecule has 2 rings (SSSR count). The van der Waals surface area contributed by atoms with Gasteiger partial charge in [0.05, 0.1) is 0 Å². The SMILES string of the molecule is C#C.C=CC.CC.CC(C)(C)OC(N)=O.CCCC(=O)N1CCC[C@H]1C(=O)NC1CC1.[HH].[HH]. The standard InChI is InChI=1S/C12H20N2O2.C5H11NO2.C3H6.C2H6.C2H2.2H2/c1-2-4-11(15)14-8-3-5-10(14)12(16)13-9-6-7-9;1-5(2,3)8-4(6)7;1-3-2;2*1-2;;/h9-10H,2-8H2,1H3,(H,13,16);1-3H3,(H2,6,7);3H,1H2,2H3;1-2H3;1-2H;2*1H/t10-;;;;;;/m0....../s1. The average Bonchev–Trinajstić information content (AvgIpc) is 3.35. The van der Waals surface area contributed by atoms with Crippen molar-refractivity contribution in [3.8, 4) is 12.8 Å². The largest absolute Gasteiger partial charge is 0.444 e. The second-order valence-electron chi connectivity index (χ2n) is 7.72. The van der Waals surface area contributed by atoms with Crippen LogP contribution in [0, 0.1) is 12.8 Å². The van der Waals surface area contributed by atoms with Crippen LogP contribution in [0.4, 0.5) is 4.79 Å². The van der Waals surface area contributed by atoms with Gasteiger partial charge >= 0.3 is 6.09 Å². The molecule has 1 aliphatic heterocycles. The number of rotatable bonds is 4. The zero-order chi connectivity index (χ0) is 25.0. The van der Waals surface area contributed by atoms with Gasteiger partial charge in [-0.25, -0.2) is 4.79 Å². The Morgan fingerprint density at radius 1 is 1.23 bits per heavy atom. The topological polar surface area (TPSA) is 102 Å². The van der Waals surface area contributed by atoms with E-state index in [4.69, 9.17) is 5.73 Å². The van der Waals surface area contributed by atoms with E-state index in [0.717, 1.165) is 38.6 Å². The number of allylic oxidation sites excluding steroid dienone is 1. The van der Waals surface area contributed by atoms with Crippen LogP contribution >= 0.6 is 0 Å². The summed E-state index contributed by atoms with van der Waals surface area (Å²) < 4.78 is 4.58. The van der Waals surface area contributed by atoms with Crippen LogP contribution in [0.15, 0.2) is 12.7 Å². The maximum atomic E-state index is 11.9. The van der Waals surface area contributed by atoms with Crippen LogP contribution in [0.5, 0.6) is 0 Å². The van der Waals surface area contributed by atoms with Crippen molar-refractivity contribution in [1.29, 1.82) is 0 Å². The van der Waals surface area contributed by atoms with Gasteiger partial charge in [0.2, 0.25) is 11.8 Å². The van der Waals surface area contributed by atoms with Gasteiger partial charge in [-0.05, 0) is 59.8 Å². The van der Waals surface area contributed by atoms with Gasteiger partial charge in [0.1, 0.15) is 11.6 Å². The fraction of sp³-hybridized carbons (Fsp3) is 0.708. The first-order valence-corrected chi connectivity index (χ1v) is 11.0. The summed E-state index contributed by atoms with van der Waals surface area (Å²) in [5, 5.41) is 2.99. The van der Waals surface area contributed by atoms with E-state index in [1.165, 1.54) is 0 Å². The summed E-state index contributed by atoms with van der Waals surface area (Å²) in [6.45, 7) is 17.3. The summed E-state index contributed by atoms with van der Waals surface area (Å²) >= 11 is 0. The Morgan fingerprint density at radius 3 is 2.03 bits per heavy atom. The summed E-state index contributed by atoms with van der Waals surface area (Å²) in [6.07, 6.45) is 14.4. The highest BCUT2D eigenvalue weighted by atomic mass is 16.6. The van der Waals surface area contributed by atoms with Crippen molar-refractivity contribution in [1.82, 2.24) is 10.2 Å². The van der Waals surface area contributed by atoms with E-state index in [-0.39, 0.29) is 20.7 Å². The monoisotopic (exact) mass is 443 g/mol. The lowest BCUT2D eigenvalue weighted by molar-refractivity contribution is -0.138. The third kappa shape index (κ3) is 19.2. The Hall–Kier alpha value is -2.49. The first-order chi connectivity index (χ1) is 14.6. The Balaban J connectivity index is -0.000000132. The Bertz CT molecular complexity index is 546. The predicted molar refractivity (Wildman–Crippen MR) is 133 cm³/mol. The van der Waals surface area contributed by atoms with Gasteiger partial charge in [-0.2, -0.15) is 0 Å². The van der Waals surface area contributed by atoms with E-state index in [1.54, 1.807) is 31.7 Å². The summed E-state index contributed by atoms with van der Waals surface area (Å²) in [5.41, 5.74) is 4.26. The highest BCUT2D eigenvalue weighted by molar-refractivity contribution is 5.88. The molecule has 1 saturated heterocycles. The molecule has 2 fully saturated rings. The number of hydrogen-bond acceptors (Lipinski definition) is 4. The minimum Gasteiger partial charge on any atom is -0.444 e. The molecule has 3 amide bonds. The number of nitrogens with one attached hydrogen (secondary N) is 1. The first kappa shape index (κ1) is 33.2. The van der Waals surface area contributed by atoms with Gasteiger partial charge in [0.15, 0.2) is 0 Å². The van der Waals surface area contributed by atoms with E-state index in [0.29, 0.717) is 12.5 Å². The summed E-state index contributed by atoms with van der Waals surface area (Å²) in [4.78, 5) is 35.5. The van der Waals surface area contributed by atoms with E-state index in [1.807, 2.05) is 27.7 Å². The number of nitrogens with two attached hydrogens (primary N) is 1. The summed E-state index contributed by atoms with van der Waals surface area (Å²) in [7, 11) is 0. The predicted octanol–water partition coefficient (Wildman–Crippen LogP) is 4.90. The molecule has 0 spiro atoms. The van der Waals surface area contributed by atoms with Gasteiger partial charge < -0.3 is 20.7 Å². The van der Waals surface area contributed by atoms with Crippen molar-refractivity contribution in [2.24, 2.45) is 5.73 Å². The molecule has 184 valence electrons. The summed E-state index contributed by atoms with van der Waals surface area (Å²) in [5.74, 6) is 0.195. The number of amides is 3. The van der Waals surface area contributed by atoms with E-state index in [2.05, 4.69) is 29.5 Å². The van der Waals surface area contributed by atoms with Crippen molar-refractivity contribution in [3.05, 3.63) is 12.7 Å². The van der Waals surface area contributed by atoms with Crippen molar-refractivity contribution in [2.45, 2.75) is 105 Å². The Morgan fingerprint density at radius 2 is 1.71 bits per heavy atom. The molecule has 2 aliphatic rings. The molecule has 31 heavy (non-hydrogen) atoms. The first-order valence-electron chi connectivity index (χ1n) is 11.0.